The summed E-state index contributed by atoms with van der Waals surface area (Å²) in [7, 11) is 0. The Bertz CT molecular complexity index is 1020. The summed E-state index contributed by atoms with van der Waals surface area (Å²) in [5, 5.41) is 5.51. The topological polar surface area (TPSA) is 56.5 Å². The third-order valence-electron chi connectivity index (χ3n) is 4.28. The number of carbonyl (C=O) groups is 1. The Morgan fingerprint density at radius 2 is 1.93 bits per heavy atom. The molecule has 150 valence electrons. The van der Waals surface area contributed by atoms with Crippen molar-refractivity contribution in [2.75, 3.05) is 6.61 Å². The van der Waals surface area contributed by atoms with Gasteiger partial charge in [-0.2, -0.15) is 5.10 Å². The number of nitrogens with zero attached hydrogens (tertiary/aromatic N) is 3. The maximum Gasteiger partial charge on any atom is 0.250 e. The van der Waals surface area contributed by atoms with E-state index in [9.17, 15) is 4.79 Å². The highest BCUT2D eigenvalue weighted by molar-refractivity contribution is 6.30. The zero-order chi connectivity index (χ0) is 20.5. The van der Waals surface area contributed by atoms with Gasteiger partial charge in [-0.3, -0.25) is 4.79 Å². The molecule has 0 fully saturated rings. The van der Waals surface area contributed by atoms with Gasteiger partial charge < -0.3 is 4.74 Å². The van der Waals surface area contributed by atoms with E-state index in [1.165, 1.54) is 0 Å². The number of unbranched alkanes of at least 4 members (excludes halogenated alkanes) is 2. The number of carbonyl (C=O) groups excluding carboxylic acids is 1. The Morgan fingerprint density at radius 1 is 1.10 bits per heavy atom. The second-order valence-corrected chi connectivity index (χ2v) is 7.10. The monoisotopic (exact) mass is 409 g/mol. The van der Waals surface area contributed by atoms with Crippen molar-refractivity contribution in [3.63, 3.8) is 0 Å². The number of halogens is 1. The van der Waals surface area contributed by atoms with Crippen LogP contribution in [0.4, 0.5) is 0 Å². The summed E-state index contributed by atoms with van der Waals surface area (Å²) in [5.41, 5.74) is 1.71. The van der Waals surface area contributed by atoms with Gasteiger partial charge in [-0.05, 0) is 36.2 Å². The molecule has 0 atom stereocenters. The molecular formula is C23H24ClN3O2. The predicted molar refractivity (Wildman–Crippen MR) is 114 cm³/mol. The minimum atomic E-state index is -0.261. The first-order chi connectivity index (χ1) is 14.2. The van der Waals surface area contributed by atoms with E-state index in [2.05, 4.69) is 17.0 Å². The van der Waals surface area contributed by atoms with Gasteiger partial charge in [0.2, 0.25) is 5.88 Å². The lowest BCUT2D eigenvalue weighted by molar-refractivity contribution is -0.117. The SMILES string of the molecule is CCCCCOc1c/c(=N/C(=O)Cc2cccc(Cl)c2)cnn1-c1ccccc1. The summed E-state index contributed by atoms with van der Waals surface area (Å²) in [5.74, 6) is 0.299. The third kappa shape index (κ3) is 6.29. The fraction of sp³-hybridized carbons (Fsp3) is 0.261. The molecule has 0 radical (unpaired) electrons. The molecule has 0 unspecified atom stereocenters. The maximum absolute atomic E-state index is 12.4. The second-order valence-electron chi connectivity index (χ2n) is 6.67. The molecule has 0 aliphatic heterocycles. The van der Waals surface area contributed by atoms with E-state index in [-0.39, 0.29) is 12.3 Å². The Kier molecular flexibility index (Phi) is 7.59. The van der Waals surface area contributed by atoms with Crippen LogP contribution in [-0.4, -0.2) is 22.3 Å². The number of hydrogen-bond acceptors (Lipinski definition) is 3. The maximum atomic E-state index is 12.4. The van der Waals surface area contributed by atoms with Crippen molar-refractivity contribution in [2.45, 2.75) is 32.6 Å². The smallest absolute Gasteiger partial charge is 0.250 e. The number of aromatic nitrogens is 2. The molecular weight excluding hydrogens is 386 g/mol. The van der Waals surface area contributed by atoms with E-state index >= 15 is 0 Å². The number of benzene rings is 2. The Labute approximate surface area is 175 Å². The molecule has 0 bridgehead atoms. The summed E-state index contributed by atoms with van der Waals surface area (Å²) in [6, 6.07) is 18.7. The van der Waals surface area contributed by atoms with Crippen LogP contribution in [0.2, 0.25) is 5.02 Å². The first kappa shape index (κ1) is 20.8. The average molecular weight is 410 g/mol. The lowest BCUT2D eigenvalue weighted by Gasteiger charge is -2.13. The van der Waals surface area contributed by atoms with Gasteiger partial charge in [0.25, 0.3) is 5.91 Å². The van der Waals surface area contributed by atoms with Crippen LogP contribution in [0, 0.1) is 0 Å². The van der Waals surface area contributed by atoms with Gasteiger partial charge in [-0.1, -0.05) is 61.7 Å². The summed E-state index contributed by atoms with van der Waals surface area (Å²) in [6.45, 7) is 2.74. The first-order valence-electron chi connectivity index (χ1n) is 9.75. The number of rotatable bonds is 8. The molecule has 1 amide bonds. The molecule has 1 heterocycles. The molecule has 5 nitrogen and oxygen atoms in total. The number of para-hydroxylation sites is 1. The normalized spacial score (nSPS) is 11.4. The molecule has 3 aromatic rings. The van der Waals surface area contributed by atoms with Crippen LogP contribution in [-0.2, 0) is 11.2 Å². The Morgan fingerprint density at radius 3 is 2.69 bits per heavy atom. The van der Waals surface area contributed by atoms with Crippen LogP contribution >= 0.6 is 11.6 Å². The quantitative estimate of drug-likeness (QED) is 0.504. The molecule has 0 aliphatic carbocycles. The minimum absolute atomic E-state index is 0.181. The van der Waals surface area contributed by atoms with E-state index in [4.69, 9.17) is 16.3 Å². The zero-order valence-electron chi connectivity index (χ0n) is 16.4. The molecule has 3 rings (SSSR count). The van der Waals surface area contributed by atoms with Gasteiger partial charge in [0.15, 0.2) is 0 Å². The van der Waals surface area contributed by atoms with Crippen molar-refractivity contribution in [2.24, 2.45) is 4.99 Å². The number of amides is 1. The van der Waals surface area contributed by atoms with Gasteiger partial charge in [0, 0.05) is 11.1 Å². The van der Waals surface area contributed by atoms with E-state index in [0.29, 0.717) is 22.9 Å². The van der Waals surface area contributed by atoms with Crippen LogP contribution in [0.15, 0.2) is 71.9 Å². The highest BCUT2D eigenvalue weighted by Crippen LogP contribution is 2.15. The van der Waals surface area contributed by atoms with Crippen LogP contribution in [0.1, 0.15) is 31.7 Å². The van der Waals surface area contributed by atoms with Gasteiger partial charge in [0.1, 0.15) is 0 Å². The first-order valence-corrected chi connectivity index (χ1v) is 10.1. The van der Waals surface area contributed by atoms with Gasteiger partial charge >= 0.3 is 0 Å². The molecule has 2 aromatic carbocycles. The molecule has 0 aliphatic rings. The van der Waals surface area contributed by atoms with Gasteiger partial charge in [0.05, 0.1) is 30.3 Å². The van der Waals surface area contributed by atoms with Crippen LogP contribution in [0.25, 0.3) is 5.69 Å². The molecule has 0 saturated carbocycles. The van der Waals surface area contributed by atoms with Crippen LogP contribution in [0.3, 0.4) is 0 Å². The predicted octanol–water partition coefficient (Wildman–Crippen LogP) is 4.76. The number of ether oxygens (including phenoxy) is 1. The molecule has 29 heavy (non-hydrogen) atoms. The summed E-state index contributed by atoms with van der Waals surface area (Å²) in [4.78, 5) is 16.6. The minimum Gasteiger partial charge on any atom is -0.478 e. The Balaban J connectivity index is 1.84. The highest BCUT2D eigenvalue weighted by atomic mass is 35.5. The highest BCUT2D eigenvalue weighted by Gasteiger charge is 2.07. The van der Waals surface area contributed by atoms with Crippen molar-refractivity contribution in [1.82, 2.24) is 9.78 Å². The van der Waals surface area contributed by atoms with Crippen molar-refractivity contribution in [1.29, 1.82) is 0 Å². The number of hydrogen-bond donors (Lipinski definition) is 0. The average Bonchev–Trinajstić information content (AvgIpc) is 2.72. The van der Waals surface area contributed by atoms with Crippen molar-refractivity contribution in [3.8, 4) is 11.6 Å². The second kappa shape index (κ2) is 10.6. The standard InChI is InChI=1S/C23H24ClN3O2/c1-2-3-7-13-29-23-16-20(17-25-27(23)21-11-5-4-6-12-21)26-22(28)15-18-9-8-10-19(24)14-18/h4-6,8-12,14,16-17H,2-3,7,13,15H2,1H3/b26-20-. The van der Waals surface area contributed by atoms with Crippen molar-refractivity contribution < 1.29 is 9.53 Å². The fourth-order valence-electron chi connectivity index (χ4n) is 2.86. The van der Waals surface area contributed by atoms with E-state index < -0.39 is 0 Å². The molecule has 1 aromatic heterocycles. The van der Waals surface area contributed by atoms with Gasteiger partial charge in [-0.25, -0.2) is 9.67 Å². The molecule has 0 N–H and O–H groups in total. The van der Waals surface area contributed by atoms with Crippen LogP contribution < -0.4 is 10.1 Å². The third-order valence-corrected chi connectivity index (χ3v) is 4.52. The lowest BCUT2D eigenvalue weighted by Crippen LogP contribution is -2.16. The largest absolute Gasteiger partial charge is 0.478 e. The zero-order valence-corrected chi connectivity index (χ0v) is 17.2. The summed E-state index contributed by atoms with van der Waals surface area (Å²) in [6.07, 6.45) is 4.93. The van der Waals surface area contributed by atoms with Crippen molar-refractivity contribution >= 4 is 17.5 Å². The molecule has 0 saturated heterocycles. The fourth-order valence-corrected chi connectivity index (χ4v) is 3.07. The Hall–Kier alpha value is -2.92. The molecule has 0 spiro atoms. The lowest BCUT2D eigenvalue weighted by atomic mass is 10.1. The van der Waals surface area contributed by atoms with Gasteiger partial charge in [-0.15, -0.1) is 0 Å². The van der Waals surface area contributed by atoms with Crippen LogP contribution in [0.5, 0.6) is 5.88 Å². The van der Waals surface area contributed by atoms with Crippen molar-refractivity contribution in [3.05, 3.63) is 82.8 Å². The molecule has 6 heteroatoms. The van der Waals surface area contributed by atoms with E-state index in [1.807, 2.05) is 42.5 Å². The summed E-state index contributed by atoms with van der Waals surface area (Å²) >= 11 is 5.98. The summed E-state index contributed by atoms with van der Waals surface area (Å²) < 4.78 is 7.68. The van der Waals surface area contributed by atoms with E-state index in [1.54, 1.807) is 29.1 Å². The van der Waals surface area contributed by atoms with E-state index in [0.717, 1.165) is 30.5 Å².